The number of anilines is 1. The topological polar surface area (TPSA) is 78.7 Å². The van der Waals surface area contributed by atoms with E-state index in [1.165, 1.54) is 4.90 Å². The summed E-state index contributed by atoms with van der Waals surface area (Å²) in [5.41, 5.74) is 1.41. The Morgan fingerprint density at radius 1 is 1.12 bits per heavy atom. The number of hydrogen-bond acceptors (Lipinski definition) is 6. The van der Waals surface area contributed by atoms with E-state index in [1.807, 2.05) is 91.9 Å². The first-order valence-corrected chi connectivity index (χ1v) is 11.5. The molecular weight excluding hydrogens is 431 g/mol. The van der Waals surface area contributed by atoms with Crippen molar-refractivity contribution in [3.8, 4) is 5.82 Å². The second-order valence-corrected chi connectivity index (χ2v) is 10.8. The Balaban J connectivity index is 1.84. The zero-order chi connectivity index (χ0) is 25.1. The summed E-state index contributed by atoms with van der Waals surface area (Å²) in [4.78, 5) is 19.0. The molecule has 0 unspecified atom stereocenters. The molecule has 0 radical (unpaired) electrons. The molecule has 4 rings (SSSR count). The summed E-state index contributed by atoms with van der Waals surface area (Å²) in [5.74, 6) is 0.694. The number of nitrogens with zero attached hydrogens (tertiary/aromatic N) is 4. The molecule has 2 aromatic heterocycles. The molecular formula is C25H33BN4O4. The molecule has 1 saturated heterocycles. The molecule has 180 valence electrons. The Kier molecular flexibility index (Phi) is 5.77. The van der Waals surface area contributed by atoms with E-state index in [2.05, 4.69) is 4.98 Å². The van der Waals surface area contributed by atoms with Gasteiger partial charge < -0.3 is 14.0 Å². The fourth-order valence-electron chi connectivity index (χ4n) is 3.72. The predicted octanol–water partition coefficient (Wildman–Crippen LogP) is 4.40. The van der Waals surface area contributed by atoms with Crippen LogP contribution in [0.1, 0.15) is 54.2 Å². The van der Waals surface area contributed by atoms with Crippen molar-refractivity contribution in [2.75, 3.05) is 11.9 Å². The van der Waals surface area contributed by atoms with Crippen LogP contribution in [-0.4, -0.2) is 51.8 Å². The summed E-state index contributed by atoms with van der Waals surface area (Å²) in [6.45, 7) is 15.5. The summed E-state index contributed by atoms with van der Waals surface area (Å²) in [5, 5.41) is 5.56. The van der Waals surface area contributed by atoms with Gasteiger partial charge in [0.2, 0.25) is 0 Å². The Labute approximate surface area is 201 Å². The number of ether oxygens (including phenoxy) is 1. The van der Waals surface area contributed by atoms with Crippen molar-refractivity contribution in [2.24, 2.45) is 0 Å². The van der Waals surface area contributed by atoms with Gasteiger partial charge in [0.05, 0.1) is 22.4 Å². The summed E-state index contributed by atoms with van der Waals surface area (Å²) >= 11 is 0. The molecule has 1 aliphatic rings. The van der Waals surface area contributed by atoms with Crippen LogP contribution in [0.5, 0.6) is 0 Å². The molecule has 9 heteroatoms. The molecule has 8 nitrogen and oxygen atoms in total. The Morgan fingerprint density at radius 2 is 1.76 bits per heavy atom. The van der Waals surface area contributed by atoms with Crippen LogP contribution >= 0.6 is 0 Å². The van der Waals surface area contributed by atoms with Crippen molar-refractivity contribution in [2.45, 2.75) is 72.2 Å². The first-order chi connectivity index (χ1) is 15.7. The normalized spacial score (nSPS) is 17.3. The van der Waals surface area contributed by atoms with E-state index in [9.17, 15) is 4.79 Å². The number of fused-ring (bicyclic) bond motifs is 1. The van der Waals surface area contributed by atoms with Crippen LogP contribution in [0.2, 0.25) is 0 Å². The highest BCUT2D eigenvalue weighted by Gasteiger charge is 2.52. The summed E-state index contributed by atoms with van der Waals surface area (Å²) in [6, 6.07) is 9.62. The van der Waals surface area contributed by atoms with Gasteiger partial charge in [0, 0.05) is 24.3 Å². The Bertz CT molecular complexity index is 1230. The maximum atomic E-state index is 13.0. The average molecular weight is 464 g/mol. The van der Waals surface area contributed by atoms with E-state index in [-0.39, 0.29) is 0 Å². The van der Waals surface area contributed by atoms with Gasteiger partial charge in [0.1, 0.15) is 5.60 Å². The minimum absolute atomic E-state index is 0.457. The molecule has 1 amide bonds. The molecule has 0 saturated carbocycles. The van der Waals surface area contributed by atoms with Crippen LogP contribution < -0.4 is 10.4 Å². The lowest BCUT2D eigenvalue weighted by Gasteiger charge is -2.32. The molecule has 3 aromatic rings. The van der Waals surface area contributed by atoms with Gasteiger partial charge in [-0.05, 0) is 85.1 Å². The van der Waals surface area contributed by atoms with Crippen molar-refractivity contribution in [1.29, 1.82) is 0 Å². The molecule has 0 bridgehead atoms. The van der Waals surface area contributed by atoms with Crippen LogP contribution in [-0.2, 0) is 14.0 Å². The first-order valence-electron chi connectivity index (χ1n) is 11.5. The van der Waals surface area contributed by atoms with Crippen LogP contribution in [0.25, 0.3) is 16.7 Å². The quantitative estimate of drug-likeness (QED) is 0.535. The molecule has 1 aliphatic heterocycles. The van der Waals surface area contributed by atoms with E-state index in [1.54, 1.807) is 11.7 Å². The molecule has 3 heterocycles. The number of amides is 1. The smallest absolute Gasteiger partial charge is 0.443 e. The van der Waals surface area contributed by atoms with Crippen LogP contribution in [0.15, 0.2) is 36.5 Å². The number of rotatable bonds is 3. The van der Waals surface area contributed by atoms with E-state index in [4.69, 9.17) is 19.1 Å². The number of carbonyl (C=O) groups is 1. The van der Waals surface area contributed by atoms with Gasteiger partial charge in [-0.1, -0.05) is 6.07 Å². The number of hydrogen-bond donors (Lipinski definition) is 0. The molecule has 1 aromatic carbocycles. The van der Waals surface area contributed by atoms with E-state index < -0.39 is 30.0 Å². The van der Waals surface area contributed by atoms with Gasteiger partial charge in [-0.2, -0.15) is 5.10 Å². The molecule has 34 heavy (non-hydrogen) atoms. The molecule has 1 fully saturated rings. The maximum absolute atomic E-state index is 13.0. The lowest BCUT2D eigenvalue weighted by Crippen LogP contribution is -2.41. The summed E-state index contributed by atoms with van der Waals surface area (Å²) in [6.07, 6.45) is 1.42. The third kappa shape index (κ3) is 4.54. The van der Waals surface area contributed by atoms with E-state index >= 15 is 0 Å². The van der Waals surface area contributed by atoms with Gasteiger partial charge in [-0.15, -0.1) is 0 Å². The second-order valence-electron chi connectivity index (χ2n) is 10.8. The Morgan fingerprint density at radius 3 is 2.35 bits per heavy atom. The van der Waals surface area contributed by atoms with Gasteiger partial charge >= 0.3 is 13.2 Å². The van der Waals surface area contributed by atoms with Crippen molar-refractivity contribution < 1.29 is 18.8 Å². The van der Waals surface area contributed by atoms with Crippen molar-refractivity contribution in [3.63, 3.8) is 0 Å². The lowest BCUT2D eigenvalue weighted by atomic mass is 9.78. The second kappa shape index (κ2) is 8.10. The predicted molar refractivity (Wildman–Crippen MR) is 134 cm³/mol. The van der Waals surface area contributed by atoms with Crippen LogP contribution in [0.4, 0.5) is 10.5 Å². The number of aromatic nitrogens is 3. The minimum atomic E-state index is -0.622. The number of aryl methyl sites for hydroxylation is 1. The van der Waals surface area contributed by atoms with Crippen LogP contribution in [0.3, 0.4) is 0 Å². The number of carbonyl (C=O) groups excluding carboxylic acids is 1. The molecule has 0 atom stereocenters. The fraction of sp³-hybridized carbons (Fsp3) is 0.480. The molecule has 0 N–H and O–H groups in total. The summed E-state index contributed by atoms with van der Waals surface area (Å²) in [7, 11) is 1.10. The Hall–Kier alpha value is -2.91. The molecule has 0 aliphatic carbocycles. The van der Waals surface area contributed by atoms with Gasteiger partial charge in [-0.25, -0.2) is 14.5 Å². The van der Waals surface area contributed by atoms with Crippen molar-refractivity contribution >= 4 is 35.3 Å². The highest BCUT2D eigenvalue weighted by molar-refractivity contribution is 6.62. The third-order valence-corrected chi connectivity index (χ3v) is 6.29. The highest BCUT2D eigenvalue weighted by Crippen LogP contribution is 2.37. The number of pyridine rings is 1. The maximum Gasteiger partial charge on any atom is 0.494 e. The standard InChI is InChI=1S/C25H33BN4O4/c1-16-11-10-12-21(27-16)30-15-18-19(28-30)13-17(26-33-24(5,6)25(7,8)34-26)14-20(18)29(9)22(31)32-23(2,3)4/h10-15H,1-9H3. The largest absolute Gasteiger partial charge is 0.494 e. The highest BCUT2D eigenvalue weighted by atomic mass is 16.7. The minimum Gasteiger partial charge on any atom is -0.443 e. The monoisotopic (exact) mass is 464 g/mol. The van der Waals surface area contributed by atoms with Gasteiger partial charge in [-0.3, -0.25) is 4.90 Å². The fourth-order valence-corrected chi connectivity index (χ4v) is 3.72. The third-order valence-electron chi connectivity index (χ3n) is 6.29. The SMILES string of the molecule is Cc1cccc(-n2cc3c(N(C)C(=O)OC(C)(C)C)cc(B4OC(C)(C)C(C)(C)O4)cc3n2)n1. The van der Waals surface area contributed by atoms with E-state index in [0.29, 0.717) is 17.0 Å². The van der Waals surface area contributed by atoms with Gasteiger partial charge in [0.15, 0.2) is 5.82 Å². The zero-order valence-corrected chi connectivity index (χ0v) is 21.5. The zero-order valence-electron chi connectivity index (χ0n) is 21.5. The number of benzene rings is 1. The molecule has 0 spiro atoms. The lowest BCUT2D eigenvalue weighted by molar-refractivity contribution is 0.00578. The average Bonchev–Trinajstić information content (AvgIpc) is 3.23. The first kappa shape index (κ1) is 24.2. The van der Waals surface area contributed by atoms with Gasteiger partial charge in [0.25, 0.3) is 0 Å². The van der Waals surface area contributed by atoms with Crippen molar-refractivity contribution in [3.05, 3.63) is 42.2 Å². The van der Waals surface area contributed by atoms with Crippen LogP contribution in [0, 0.1) is 6.92 Å². The van der Waals surface area contributed by atoms with E-state index in [0.717, 1.165) is 16.5 Å². The van der Waals surface area contributed by atoms with Crippen molar-refractivity contribution in [1.82, 2.24) is 14.8 Å². The summed E-state index contributed by atoms with van der Waals surface area (Å²) < 4.78 is 19.9.